The molecule has 1 aromatic heterocycles. The third-order valence-electron chi connectivity index (χ3n) is 3.65. The van der Waals surface area contributed by atoms with Gasteiger partial charge in [0.1, 0.15) is 0 Å². The van der Waals surface area contributed by atoms with Crippen molar-refractivity contribution in [2.24, 2.45) is 0 Å². The molecule has 0 amide bonds. The summed E-state index contributed by atoms with van der Waals surface area (Å²) in [4.78, 5) is 0.310. The molecule has 0 saturated heterocycles. The molecule has 3 aromatic rings. The maximum atomic E-state index is 12.2. The quantitative estimate of drug-likeness (QED) is 0.727. The van der Waals surface area contributed by atoms with Crippen LogP contribution in [0.2, 0.25) is 0 Å². The van der Waals surface area contributed by atoms with E-state index in [0.717, 1.165) is 23.0 Å². The first-order chi connectivity index (χ1) is 10.6. The molecule has 3 rings (SSSR count). The molecule has 1 heterocycles. The van der Waals surface area contributed by atoms with E-state index in [1.807, 2.05) is 30.5 Å². The van der Waals surface area contributed by atoms with E-state index in [1.165, 1.54) is 5.41 Å². The molecule has 0 unspecified atom stereocenters. The van der Waals surface area contributed by atoms with E-state index in [0.29, 0.717) is 4.90 Å². The summed E-state index contributed by atoms with van der Waals surface area (Å²) in [6.45, 7) is 3.01. The summed E-state index contributed by atoms with van der Waals surface area (Å²) in [5.74, 6) is 0. The number of rotatable bonds is 4. The molecule has 0 aliphatic carbocycles. The van der Waals surface area contributed by atoms with Crippen molar-refractivity contribution < 1.29 is 8.42 Å². The highest BCUT2D eigenvalue weighted by atomic mass is 32.2. The maximum absolute atomic E-state index is 12.2. The Balaban J connectivity index is 1.92. The molecule has 0 aliphatic rings. The number of aryl methyl sites for hydroxylation is 1. The predicted molar refractivity (Wildman–Crippen MR) is 90.3 cm³/mol. The van der Waals surface area contributed by atoms with Gasteiger partial charge >= 0.3 is 0 Å². The Kier molecular flexibility index (Phi) is 3.86. The fourth-order valence-corrected chi connectivity index (χ4v) is 3.48. The van der Waals surface area contributed by atoms with Crippen LogP contribution in [0.3, 0.4) is 0 Å². The minimum Gasteiger partial charge on any atom is -0.348 e. The van der Waals surface area contributed by atoms with Crippen molar-refractivity contribution in [2.75, 3.05) is 0 Å². The third-order valence-corrected chi connectivity index (χ3v) is 5.07. The average Bonchev–Trinajstić information content (AvgIpc) is 2.96. The first-order valence-corrected chi connectivity index (χ1v) is 8.72. The van der Waals surface area contributed by atoms with Gasteiger partial charge in [-0.2, -0.15) is 0 Å². The summed E-state index contributed by atoms with van der Waals surface area (Å²) in [6, 6.07) is 16.4. The Labute approximate surface area is 130 Å². The van der Waals surface area contributed by atoms with Gasteiger partial charge in [-0.25, -0.2) is 8.42 Å². The van der Waals surface area contributed by atoms with Crippen LogP contribution in [0.15, 0.2) is 71.1 Å². The van der Waals surface area contributed by atoms with Crippen LogP contribution >= 0.6 is 0 Å². The summed E-state index contributed by atoms with van der Waals surface area (Å²) in [6.07, 6.45) is 3.68. The van der Waals surface area contributed by atoms with Gasteiger partial charge in [-0.05, 0) is 48.9 Å². The molecular formula is C18H17NO2S. The highest BCUT2D eigenvalue weighted by Gasteiger charge is 2.09. The van der Waals surface area contributed by atoms with E-state index in [1.54, 1.807) is 36.4 Å². The van der Waals surface area contributed by atoms with Crippen molar-refractivity contribution >= 4 is 26.8 Å². The second-order valence-corrected chi connectivity index (χ2v) is 6.91. The number of hydrogen-bond acceptors (Lipinski definition) is 2. The molecule has 0 saturated carbocycles. The van der Waals surface area contributed by atoms with Gasteiger partial charge in [-0.1, -0.05) is 24.3 Å². The largest absolute Gasteiger partial charge is 0.348 e. The Morgan fingerprint density at radius 1 is 1.05 bits per heavy atom. The van der Waals surface area contributed by atoms with Gasteiger partial charge < -0.3 is 4.57 Å². The topological polar surface area (TPSA) is 39.1 Å². The zero-order valence-corrected chi connectivity index (χ0v) is 13.1. The second-order valence-electron chi connectivity index (χ2n) is 5.08. The number of nitrogens with zero attached hydrogens (tertiary/aromatic N) is 1. The number of aromatic nitrogens is 1. The zero-order valence-electron chi connectivity index (χ0n) is 12.3. The molecule has 2 aromatic carbocycles. The van der Waals surface area contributed by atoms with Crippen LogP contribution in [-0.2, 0) is 16.4 Å². The van der Waals surface area contributed by atoms with E-state index in [2.05, 4.69) is 11.5 Å². The molecule has 4 heteroatoms. The van der Waals surface area contributed by atoms with Crippen LogP contribution < -0.4 is 0 Å². The van der Waals surface area contributed by atoms with Crippen molar-refractivity contribution in [1.29, 1.82) is 0 Å². The van der Waals surface area contributed by atoms with Crippen molar-refractivity contribution in [3.63, 3.8) is 0 Å². The first kappa shape index (κ1) is 14.6. The highest BCUT2D eigenvalue weighted by molar-refractivity contribution is 7.94. The summed E-state index contributed by atoms with van der Waals surface area (Å²) in [7, 11) is -3.40. The number of hydrogen-bond donors (Lipinski definition) is 0. The van der Waals surface area contributed by atoms with Gasteiger partial charge in [0.25, 0.3) is 0 Å². The van der Waals surface area contributed by atoms with Crippen LogP contribution in [0, 0.1) is 0 Å². The molecule has 112 valence electrons. The van der Waals surface area contributed by atoms with E-state index < -0.39 is 9.84 Å². The lowest BCUT2D eigenvalue weighted by molar-refractivity contribution is 0.605. The monoisotopic (exact) mass is 311 g/mol. The summed E-state index contributed by atoms with van der Waals surface area (Å²) in [5, 5.41) is 2.38. The smallest absolute Gasteiger partial charge is 0.199 e. The molecule has 0 aliphatic heterocycles. The standard InChI is InChI=1S/C18H17NO2S/c1-2-19-12-10-16-14-15(8-9-18(16)19)11-13-22(20,21)17-6-4-3-5-7-17/h3-14H,2H2,1H3. The van der Waals surface area contributed by atoms with Crippen LogP contribution in [0.4, 0.5) is 0 Å². The molecule has 3 nitrogen and oxygen atoms in total. The van der Waals surface area contributed by atoms with Gasteiger partial charge in [0, 0.05) is 29.1 Å². The molecule has 0 fully saturated rings. The van der Waals surface area contributed by atoms with Gasteiger partial charge in [0.15, 0.2) is 9.84 Å². The second kappa shape index (κ2) is 5.81. The Morgan fingerprint density at radius 2 is 1.82 bits per heavy atom. The van der Waals surface area contributed by atoms with Crippen molar-refractivity contribution in [3.05, 3.63) is 71.8 Å². The van der Waals surface area contributed by atoms with Gasteiger partial charge in [-0.15, -0.1) is 0 Å². The average molecular weight is 311 g/mol. The first-order valence-electron chi connectivity index (χ1n) is 7.17. The van der Waals surface area contributed by atoms with Crippen molar-refractivity contribution in [1.82, 2.24) is 4.57 Å². The molecule has 0 radical (unpaired) electrons. The van der Waals surface area contributed by atoms with Crippen LogP contribution in [0.5, 0.6) is 0 Å². The Hall–Kier alpha value is -2.33. The van der Waals surface area contributed by atoms with Gasteiger partial charge in [0.2, 0.25) is 0 Å². The van der Waals surface area contributed by atoms with Crippen LogP contribution in [0.25, 0.3) is 17.0 Å². The number of benzene rings is 2. The SMILES string of the molecule is CCn1ccc2cc(C=CS(=O)(=O)c3ccccc3)ccc21. The lowest BCUT2D eigenvalue weighted by Crippen LogP contribution is -1.95. The molecule has 0 N–H and O–H groups in total. The van der Waals surface area contributed by atoms with Crippen LogP contribution in [0.1, 0.15) is 12.5 Å². The minimum atomic E-state index is -3.40. The Morgan fingerprint density at radius 3 is 2.55 bits per heavy atom. The predicted octanol–water partition coefficient (Wildman–Crippen LogP) is 4.11. The lowest BCUT2D eigenvalue weighted by Gasteiger charge is -2.01. The molecule has 0 bridgehead atoms. The maximum Gasteiger partial charge on any atom is 0.199 e. The summed E-state index contributed by atoms with van der Waals surface area (Å²) < 4.78 is 26.6. The summed E-state index contributed by atoms with van der Waals surface area (Å²) >= 11 is 0. The molecule has 22 heavy (non-hydrogen) atoms. The van der Waals surface area contributed by atoms with E-state index in [4.69, 9.17) is 0 Å². The van der Waals surface area contributed by atoms with Crippen molar-refractivity contribution in [3.8, 4) is 0 Å². The number of sulfone groups is 1. The van der Waals surface area contributed by atoms with E-state index in [-0.39, 0.29) is 0 Å². The third kappa shape index (κ3) is 2.83. The Bertz CT molecular complexity index is 922. The van der Waals surface area contributed by atoms with Gasteiger partial charge in [0.05, 0.1) is 4.90 Å². The molecule has 0 atom stereocenters. The van der Waals surface area contributed by atoms with Crippen molar-refractivity contribution in [2.45, 2.75) is 18.4 Å². The normalized spacial score (nSPS) is 12.2. The van der Waals surface area contributed by atoms with Gasteiger partial charge in [-0.3, -0.25) is 0 Å². The zero-order chi connectivity index (χ0) is 15.6. The number of fused-ring (bicyclic) bond motifs is 1. The lowest BCUT2D eigenvalue weighted by atomic mass is 10.1. The van der Waals surface area contributed by atoms with E-state index in [9.17, 15) is 8.42 Å². The van der Waals surface area contributed by atoms with E-state index >= 15 is 0 Å². The summed E-state index contributed by atoms with van der Waals surface area (Å²) in [5.41, 5.74) is 2.03. The fourth-order valence-electron chi connectivity index (χ4n) is 2.45. The van der Waals surface area contributed by atoms with Crippen LogP contribution in [-0.4, -0.2) is 13.0 Å². The molecular weight excluding hydrogens is 294 g/mol. The fraction of sp³-hybridized carbons (Fsp3) is 0.111. The highest BCUT2D eigenvalue weighted by Crippen LogP contribution is 2.19. The minimum absolute atomic E-state index is 0.310. The molecule has 0 spiro atoms.